The number of benzene rings is 1. The summed E-state index contributed by atoms with van der Waals surface area (Å²) in [4.78, 5) is 10.9. The van der Waals surface area contributed by atoms with Gasteiger partial charge in [0.2, 0.25) is 0 Å². The van der Waals surface area contributed by atoms with Crippen molar-refractivity contribution >= 4 is 14.6 Å². The van der Waals surface area contributed by atoms with E-state index in [0.29, 0.717) is 24.2 Å². The van der Waals surface area contributed by atoms with Crippen LogP contribution in [-0.2, 0) is 4.43 Å². The van der Waals surface area contributed by atoms with Crippen LogP contribution in [0.3, 0.4) is 0 Å². The van der Waals surface area contributed by atoms with Crippen molar-refractivity contribution in [1.82, 2.24) is 0 Å². The van der Waals surface area contributed by atoms with E-state index in [1.54, 1.807) is 0 Å². The zero-order valence-electron chi connectivity index (χ0n) is 15.1. The van der Waals surface area contributed by atoms with E-state index in [2.05, 4.69) is 33.9 Å². The summed E-state index contributed by atoms with van der Waals surface area (Å²) < 4.78 is 12.0. The van der Waals surface area contributed by atoms with Crippen LogP contribution in [-0.4, -0.2) is 27.8 Å². The highest BCUT2D eigenvalue weighted by Crippen LogP contribution is 2.28. The fourth-order valence-electron chi connectivity index (χ4n) is 3.07. The molecular weight excluding hydrogens is 292 g/mol. The highest BCUT2D eigenvalue weighted by molar-refractivity contribution is 6.71. The molecule has 3 nitrogen and oxygen atoms in total. The van der Waals surface area contributed by atoms with Crippen molar-refractivity contribution in [3.63, 3.8) is 0 Å². The Bertz CT molecular complexity index is 493. The van der Waals surface area contributed by atoms with Gasteiger partial charge in [-0.1, -0.05) is 20.8 Å². The van der Waals surface area contributed by atoms with Crippen molar-refractivity contribution in [2.75, 3.05) is 13.2 Å². The molecule has 4 heteroatoms. The molecule has 1 rings (SSSR count). The zero-order chi connectivity index (χ0) is 17.0. The molecule has 0 spiro atoms. The van der Waals surface area contributed by atoms with Gasteiger partial charge in [0, 0.05) is 5.56 Å². The van der Waals surface area contributed by atoms with E-state index in [1.807, 2.05) is 26.0 Å². The normalized spacial score (nSPS) is 12.3. The number of aryl methyl sites for hydroxylation is 2. The number of rotatable bonds is 7. The lowest BCUT2D eigenvalue weighted by Crippen LogP contribution is -2.36. The third-order valence-electron chi connectivity index (χ3n) is 3.40. The summed E-state index contributed by atoms with van der Waals surface area (Å²) in [6.45, 7) is 16.4. The molecule has 1 aromatic rings. The summed E-state index contributed by atoms with van der Waals surface area (Å²) in [6.07, 6.45) is 0.869. The van der Waals surface area contributed by atoms with Crippen LogP contribution in [0.4, 0.5) is 0 Å². The number of carbonyl (C=O) groups is 1. The van der Waals surface area contributed by atoms with Crippen molar-refractivity contribution < 1.29 is 14.0 Å². The summed E-state index contributed by atoms with van der Waals surface area (Å²) in [5.74, 6) is 0.865. The Hall–Kier alpha value is -1.13. The van der Waals surface area contributed by atoms with Crippen LogP contribution >= 0.6 is 0 Å². The number of hydrogen-bond donors (Lipinski definition) is 0. The predicted molar refractivity (Wildman–Crippen MR) is 94.5 cm³/mol. The molecule has 0 aromatic heterocycles. The summed E-state index contributed by atoms with van der Waals surface area (Å²) in [5.41, 5.74) is 2.98. The molecule has 1 aromatic carbocycles. The summed E-state index contributed by atoms with van der Waals surface area (Å²) in [5, 5.41) is 0. The maximum atomic E-state index is 10.9. The molecule has 0 fully saturated rings. The lowest BCUT2D eigenvalue weighted by molar-refractivity contribution is 0.112. The van der Waals surface area contributed by atoms with Gasteiger partial charge in [-0.25, -0.2) is 0 Å². The van der Waals surface area contributed by atoms with Crippen LogP contribution in [0.25, 0.3) is 0 Å². The van der Waals surface area contributed by atoms with E-state index in [-0.39, 0.29) is 0 Å². The minimum absolute atomic E-state index is 0.300. The van der Waals surface area contributed by atoms with Crippen LogP contribution in [0.15, 0.2) is 12.1 Å². The van der Waals surface area contributed by atoms with Crippen LogP contribution in [0, 0.1) is 19.3 Å². The highest BCUT2D eigenvalue weighted by atomic mass is 28.4. The van der Waals surface area contributed by atoms with E-state index < -0.39 is 8.32 Å². The quantitative estimate of drug-likeness (QED) is 0.412. The highest BCUT2D eigenvalue weighted by Gasteiger charge is 2.28. The Labute approximate surface area is 136 Å². The van der Waals surface area contributed by atoms with Gasteiger partial charge in [0.1, 0.15) is 18.6 Å². The fraction of sp³-hybridized carbons (Fsp3) is 0.611. The van der Waals surface area contributed by atoms with E-state index >= 15 is 0 Å². The van der Waals surface area contributed by atoms with Gasteiger partial charge in [-0.2, -0.15) is 0 Å². The lowest BCUT2D eigenvalue weighted by atomic mass is 10.0. The molecule has 0 amide bonds. The van der Waals surface area contributed by atoms with Crippen molar-refractivity contribution in [1.29, 1.82) is 0 Å². The van der Waals surface area contributed by atoms with Gasteiger partial charge >= 0.3 is 0 Å². The van der Waals surface area contributed by atoms with Crippen LogP contribution < -0.4 is 4.74 Å². The molecule has 0 bridgehead atoms. The van der Waals surface area contributed by atoms with Gasteiger partial charge in [-0.15, -0.1) is 0 Å². The van der Waals surface area contributed by atoms with Crippen LogP contribution in [0.2, 0.25) is 19.1 Å². The van der Waals surface area contributed by atoms with Gasteiger partial charge in [-0.05, 0) is 61.7 Å². The van der Waals surface area contributed by atoms with Gasteiger partial charge in [0.15, 0.2) is 8.32 Å². The smallest absolute Gasteiger partial charge is 0.187 e. The molecule has 0 atom stereocenters. The van der Waals surface area contributed by atoms with Gasteiger partial charge in [0.05, 0.1) is 6.61 Å². The summed E-state index contributed by atoms with van der Waals surface area (Å²) in [7, 11) is -1.65. The minimum atomic E-state index is -1.65. The molecule has 0 aliphatic rings. The first kappa shape index (κ1) is 18.9. The van der Waals surface area contributed by atoms with Gasteiger partial charge < -0.3 is 9.16 Å². The minimum Gasteiger partial charge on any atom is -0.491 e. The average Bonchev–Trinajstić information content (AvgIpc) is 2.33. The van der Waals surface area contributed by atoms with Crippen LogP contribution in [0.5, 0.6) is 5.75 Å². The first-order chi connectivity index (χ1) is 10.0. The van der Waals surface area contributed by atoms with E-state index in [0.717, 1.165) is 29.2 Å². The summed E-state index contributed by atoms with van der Waals surface area (Å²) in [6, 6.07) is 4.84. The molecular formula is C18H30O3Si. The lowest BCUT2D eigenvalue weighted by Gasteiger charge is -2.30. The Kier molecular flexibility index (Phi) is 6.38. The Morgan fingerprint density at radius 1 is 1.09 bits per heavy atom. The fourth-order valence-corrected chi connectivity index (χ4v) is 6.36. The van der Waals surface area contributed by atoms with Gasteiger partial charge in [0.25, 0.3) is 0 Å². The van der Waals surface area contributed by atoms with Crippen molar-refractivity contribution in [3.05, 3.63) is 28.8 Å². The largest absolute Gasteiger partial charge is 0.491 e. The maximum absolute atomic E-state index is 10.9. The van der Waals surface area contributed by atoms with Crippen LogP contribution in [0.1, 0.15) is 42.3 Å². The Balaban J connectivity index is 2.53. The molecule has 0 heterocycles. The first-order valence-electron chi connectivity index (χ1n) is 7.87. The number of ether oxygens (including phenoxy) is 1. The molecule has 0 radical (unpaired) electrons. The molecule has 124 valence electrons. The second-order valence-electron chi connectivity index (χ2n) is 7.80. The molecule has 0 aliphatic carbocycles. The molecule has 0 N–H and O–H groups in total. The zero-order valence-corrected chi connectivity index (χ0v) is 16.1. The maximum Gasteiger partial charge on any atom is 0.187 e. The third kappa shape index (κ3) is 6.32. The van der Waals surface area contributed by atoms with Crippen molar-refractivity contribution in [3.8, 4) is 5.75 Å². The van der Waals surface area contributed by atoms with E-state index in [1.165, 1.54) is 0 Å². The molecule has 0 saturated carbocycles. The average molecular weight is 323 g/mol. The van der Waals surface area contributed by atoms with Crippen molar-refractivity contribution in [2.45, 2.75) is 53.8 Å². The number of hydrogen-bond acceptors (Lipinski definition) is 3. The number of aldehydes is 1. The molecule has 0 unspecified atom stereocenters. The third-order valence-corrected chi connectivity index (χ3v) is 6.30. The van der Waals surface area contributed by atoms with E-state index in [9.17, 15) is 4.79 Å². The number of carbonyl (C=O) groups excluding carboxylic acids is 1. The van der Waals surface area contributed by atoms with E-state index in [4.69, 9.17) is 9.16 Å². The molecule has 0 aliphatic heterocycles. The summed E-state index contributed by atoms with van der Waals surface area (Å²) >= 11 is 0. The van der Waals surface area contributed by atoms with Gasteiger partial charge in [-0.3, -0.25) is 4.79 Å². The van der Waals surface area contributed by atoms with Crippen molar-refractivity contribution in [2.24, 2.45) is 5.41 Å². The monoisotopic (exact) mass is 322 g/mol. The first-order valence-corrected chi connectivity index (χ1v) is 11.0. The molecule has 22 heavy (non-hydrogen) atoms. The predicted octanol–water partition coefficient (Wildman–Crippen LogP) is 4.76. The SMILES string of the molecule is Cc1cc(C=O)cc(C)c1OCCO[Si](C)(C)CC(C)(C)C. The Morgan fingerprint density at radius 2 is 1.64 bits per heavy atom. The standard InChI is InChI=1S/C18H30O3Si/c1-14-10-16(12-19)11-15(2)17(14)20-8-9-21-22(6,7)13-18(3,4)5/h10-12H,8-9,13H2,1-7H3. The topological polar surface area (TPSA) is 35.5 Å². The second-order valence-corrected chi connectivity index (χ2v) is 12.0. The molecule has 0 saturated heterocycles. The Morgan fingerprint density at radius 3 is 2.09 bits per heavy atom. The second kappa shape index (κ2) is 7.42.